The minimum absolute atomic E-state index is 0.513. The van der Waals surface area contributed by atoms with E-state index < -0.39 is 0 Å². The van der Waals surface area contributed by atoms with Gasteiger partial charge in [0.1, 0.15) is 13.2 Å². The number of thiophene rings is 1. The number of hydrogen-bond acceptors (Lipinski definition) is 9. The molecule has 0 saturated carbocycles. The first-order valence-corrected chi connectivity index (χ1v) is 12.3. The molecule has 0 aliphatic carbocycles. The summed E-state index contributed by atoms with van der Waals surface area (Å²) < 4.78 is 34.5. The van der Waals surface area contributed by atoms with E-state index >= 15 is 0 Å². The summed E-state index contributed by atoms with van der Waals surface area (Å²) in [6, 6.07) is 0. The van der Waals surface area contributed by atoms with Gasteiger partial charge in [0.15, 0.2) is 11.5 Å². The van der Waals surface area contributed by atoms with Gasteiger partial charge in [-0.1, -0.05) is 0 Å². The summed E-state index contributed by atoms with van der Waals surface area (Å²) in [6.45, 7) is 16.1. The van der Waals surface area contributed by atoms with Crippen LogP contribution in [-0.2, 0) is 32.0 Å². The average Bonchev–Trinajstić information content (AvgIpc) is 3.11. The number of hydrogen-bond donors (Lipinski definition) is 0. The zero-order valence-corrected chi connectivity index (χ0v) is 19.9. The van der Waals surface area contributed by atoms with Gasteiger partial charge in [0.2, 0.25) is 0 Å². The summed E-state index contributed by atoms with van der Waals surface area (Å²) in [4.78, 5) is 7.28. The van der Waals surface area contributed by atoms with Crippen LogP contribution in [0.2, 0.25) is 0 Å². The van der Waals surface area contributed by atoms with Gasteiger partial charge < -0.3 is 28.4 Å². The Bertz CT molecular complexity index is 567. The lowest BCUT2D eigenvalue weighted by atomic mass is 10.3. The van der Waals surface area contributed by atoms with Crippen LogP contribution in [0.3, 0.4) is 0 Å². The maximum absolute atomic E-state index is 6.26. The van der Waals surface area contributed by atoms with Gasteiger partial charge >= 0.3 is 0 Å². The van der Waals surface area contributed by atoms with Gasteiger partial charge in [0.25, 0.3) is 0 Å². The summed E-state index contributed by atoms with van der Waals surface area (Å²) in [6.07, 6.45) is 0. The van der Waals surface area contributed by atoms with E-state index in [2.05, 4.69) is 9.80 Å². The third kappa shape index (κ3) is 8.16. The highest BCUT2D eigenvalue weighted by Crippen LogP contribution is 2.44. The smallest absolute Gasteiger partial charge is 0.176 e. The molecule has 0 aromatic carbocycles. The third-order valence-electron chi connectivity index (χ3n) is 5.26. The topological polar surface area (TPSA) is 61.9 Å². The fourth-order valence-corrected chi connectivity index (χ4v) is 4.89. The van der Waals surface area contributed by atoms with Crippen molar-refractivity contribution in [2.45, 2.75) is 26.9 Å². The molecule has 9 heteroatoms. The van der Waals surface area contributed by atoms with Crippen LogP contribution < -0.4 is 9.47 Å². The van der Waals surface area contributed by atoms with Crippen LogP contribution in [0.4, 0.5) is 0 Å². The fourth-order valence-electron chi connectivity index (χ4n) is 3.61. The number of nitrogens with zero attached hydrogens (tertiary/aromatic N) is 2. The normalized spacial score (nSPS) is 18.4. The van der Waals surface area contributed by atoms with Crippen molar-refractivity contribution in [1.29, 1.82) is 0 Å². The molecule has 0 amide bonds. The Morgan fingerprint density at radius 1 is 0.677 bits per heavy atom. The molecule has 2 saturated heterocycles. The molecule has 3 heterocycles. The largest absolute Gasteiger partial charge is 0.486 e. The van der Waals surface area contributed by atoms with E-state index in [1.807, 2.05) is 13.8 Å². The van der Waals surface area contributed by atoms with Crippen molar-refractivity contribution in [2.24, 2.45) is 0 Å². The predicted molar refractivity (Wildman–Crippen MR) is 120 cm³/mol. The Hall–Kier alpha value is -0.940. The standard InChI is InChI=1S/C22H38N2O6S/c1-3-25-13-15-29-21-19(17-23-5-9-27-10-6-23)31-20(18-24-7-11-28-12-8-24)22(21)30-16-14-26-4-2/h3-18H2,1-2H3. The summed E-state index contributed by atoms with van der Waals surface area (Å²) in [5, 5.41) is 0. The molecule has 178 valence electrons. The van der Waals surface area contributed by atoms with Crippen molar-refractivity contribution < 1.29 is 28.4 Å². The molecular formula is C22H38N2O6S. The molecule has 0 N–H and O–H groups in total. The van der Waals surface area contributed by atoms with E-state index in [0.29, 0.717) is 39.6 Å². The van der Waals surface area contributed by atoms with Crippen LogP contribution in [0.5, 0.6) is 11.5 Å². The molecule has 2 aliphatic rings. The van der Waals surface area contributed by atoms with Crippen LogP contribution in [0.25, 0.3) is 0 Å². The Morgan fingerprint density at radius 3 is 1.48 bits per heavy atom. The summed E-state index contributed by atoms with van der Waals surface area (Å²) in [5.74, 6) is 1.74. The molecule has 8 nitrogen and oxygen atoms in total. The average molecular weight is 459 g/mol. The Morgan fingerprint density at radius 2 is 1.10 bits per heavy atom. The van der Waals surface area contributed by atoms with E-state index in [4.69, 9.17) is 28.4 Å². The van der Waals surface area contributed by atoms with Crippen LogP contribution >= 0.6 is 11.3 Å². The van der Waals surface area contributed by atoms with Gasteiger partial charge in [-0.2, -0.15) is 0 Å². The quantitative estimate of drug-likeness (QED) is 0.394. The molecule has 0 unspecified atom stereocenters. The first kappa shape index (κ1) is 24.7. The van der Waals surface area contributed by atoms with Gasteiger partial charge in [0.05, 0.1) is 49.4 Å². The first-order chi connectivity index (χ1) is 15.3. The highest BCUT2D eigenvalue weighted by Gasteiger charge is 2.25. The van der Waals surface area contributed by atoms with Crippen LogP contribution in [0.1, 0.15) is 23.6 Å². The Balaban J connectivity index is 1.78. The Kier molecular flexibility index (Phi) is 11.4. The van der Waals surface area contributed by atoms with Crippen molar-refractivity contribution in [3.63, 3.8) is 0 Å². The molecule has 2 fully saturated rings. The van der Waals surface area contributed by atoms with E-state index in [1.165, 1.54) is 9.75 Å². The molecule has 2 aliphatic heterocycles. The summed E-state index contributed by atoms with van der Waals surface area (Å²) in [5.41, 5.74) is 0. The highest BCUT2D eigenvalue weighted by atomic mass is 32.1. The fraction of sp³-hybridized carbons (Fsp3) is 0.818. The molecule has 1 aromatic heterocycles. The van der Waals surface area contributed by atoms with E-state index in [-0.39, 0.29) is 0 Å². The predicted octanol–water partition coefficient (Wildman–Crippen LogP) is 2.24. The first-order valence-electron chi connectivity index (χ1n) is 11.5. The monoisotopic (exact) mass is 458 g/mol. The highest BCUT2D eigenvalue weighted by molar-refractivity contribution is 7.12. The number of rotatable bonds is 14. The van der Waals surface area contributed by atoms with Crippen LogP contribution in [-0.4, -0.2) is 102 Å². The zero-order chi connectivity index (χ0) is 21.7. The maximum atomic E-state index is 6.26. The van der Waals surface area contributed by atoms with Crippen LogP contribution in [0.15, 0.2) is 0 Å². The van der Waals surface area contributed by atoms with Gasteiger partial charge in [-0.25, -0.2) is 0 Å². The van der Waals surface area contributed by atoms with Gasteiger partial charge in [-0.05, 0) is 13.8 Å². The van der Waals surface area contributed by atoms with Crippen molar-refractivity contribution in [2.75, 3.05) is 92.2 Å². The summed E-state index contributed by atoms with van der Waals surface area (Å²) >= 11 is 1.80. The molecule has 0 spiro atoms. The molecule has 0 bridgehead atoms. The lowest BCUT2D eigenvalue weighted by Gasteiger charge is -2.26. The van der Waals surface area contributed by atoms with Gasteiger partial charge in [0, 0.05) is 52.5 Å². The molecule has 0 radical (unpaired) electrons. The van der Waals surface area contributed by atoms with E-state index in [1.54, 1.807) is 11.3 Å². The van der Waals surface area contributed by atoms with Crippen molar-refractivity contribution >= 4 is 11.3 Å². The Labute approximate surface area is 190 Å². The second-order valence-electron chi connectivity index (χ2n) is 7.47. The number of ether oxygens (including phenoxy) is 6. The lowest BCUT2D eigenvalue weighted by molar-refractivity contribution is 0.0338. The second kappa shape index (κ2) is 14.3. The SMILES string of the molecule is CCOCCOc1c(CN2CCOCC2)sc(CN2CCOCC2)c1OCCOCC. The minimum atomic E-state index is 0.513. The van der Waals surface area contributed by atoms with Crippen molar-refractivity contribution in [3.8, 4) is 11.5 Å². The summed E-state index contributed by atoms with van der Waals surface area (Å²) in [7, 11) is 0. The van der Waals surface area contributed by atoms with Gasteiger partial charge in [-0.3, -0.25) is 9.80 Å². The molecule has 0 atom stereocenters. The van der Waals surface area contributed by atoms with Crippen LogP contribution in [0, 0.1) is 0 Å². The third-order valence-corrected chi connectivity index (χ3v) is 6.38. The molecule has 1 aromatic rings. The van der Waals surface area contributed by atoms with E-state index in [0.717, 1.165) is 77.2 Å². The molecule has 31 heavy (non-hydrogen) atoms. The molecular weight excluding hydrogens is 420 g/mol. The second-order valence-corrected chi connectivity index (χ2v) is 8.66. The minimum Gasteiger partial charge on any atom is -0.486 e. The van der Waals surface area contributed by atoms with E-state index in [9.17, 15) is 0 Å². The van der Waals surface area contributed by atoms with Crippen molar-refractivity contribution in [3.05, 3.63) is 9.75 Å². The maximum Gasteiger partial charge on any atom is 0.176 e. The number of morpholine rings is 2. The lowest BCUT2D eigenvalue weighted by Crippen LogP contribution is -2.35. The molecule has 3 rings (SSSR count). The van der Waals surface area contributed by atoms with Crippen molar-refractivity contribution in [1.82, 2.24) is 9.80 Å². The zero-order valence-electron chi connectivity index (χ0n) is 19.1. The van der Waals surface area contributed by atoms with Gasteiger partial charge in [-0.15, -0.1) is 11.3 Å².